The lowest BCUT2D eigenvalue weighted by molar-refractivity contribution is -0.536. The predicted octanol–water partition coefficient (Wildman–Crippen LogP) is 3.68. The fraction of sp³-hybridized carbons (Fsp3) is 0.696. The number of anilines is 1. The molecule has 0 spiro atoms. The molecule has 184 valence electrons. The SMILES string of the molecule is CCOC(=O)[C@@H]1[C@@H](C(C)(C)C)[C@H]([N+](=O)[O-])[C@H](c2cccnc2N(C)C)N1C(=O)OC(C)(C)C. The van der Waals surface area contributed by atoms with E-state index in [0.717, 1.165) is 0 Å². The molecule has 0 saturated carbocycles. The third-order valence-corrected chi connectivity index (χ3v) is 5.57. The standard InChI is InChI=1S/C23H36N4O6/c1-10-32-20(28)18-15(22(2,3)4)17(27(30)31)16(26(18)21(29)33-23(5,6)7)14-12-11-13-24-19(14)25(8)9/h11-13,15-18H,10H2,1-9H3/t15-,16-,17-,18-/m0/s1. The fourth-order valence-corrected chi connectivity index (χ4v) is 4.50. The van der Waals surface area contributed by atoms with E-state index in [2.05, 4.69) is 4.98 Å². The monoisotopic (exact) mass is 464 g/mol. The summed E-state index contributed by atoms with van der Waals surface area (Å²) in [6.07, 6.45) is 0.773. The van der Waals surface area contributed by atoms with Crippen LogP contribution in [0, 0.1) is 21.4 Å². The van der Waals surface area contributed by atoms with E-state index in [4.69, 9.17) is 9.47 Å². The summed E-state index contributed by atoms with van der Waals surface area (Å²) in [7, 11) is 3.54. The van der Waals surface area contributed by atoms with E-state index in [-0.39, 0.29) is 6.61 Å². The Balaban J connectivity index is 2.86. The van der Waals surface area contributed by atoms with Gasteiger partial charge in [0.1, 0.15) is 23.5 Å². The number of nitrogens with zero attached hydrogens (tertiary/aromatic N) is 4. The Hall–Kier alpha value is -2.91. The van der Waals surface area contributed by atoms with E-state index in [1.807, 2.05) is 20.8 Å². The molecular formula is C23H36N4O6. The summed E-state index contributed by atoms with van der Waals surface area (Å²) in [4.78, 5) is 46.2. The summed E-state index contributed by atoms with van der Waals surface area (Å²) >= 11 is 0. The van der Waals surface area contributed by atoms with Crippen molar-refractivity contribution in [2.45, 2.75) is 72.2 Å². The maximum Gasteiger partial charge on any atom is 0.411 e. The second-order valence-corrected chi connectivity index (χ2v) is 10.5. The van der Waals surface area contributed by atoms with Crippen LogP contribution in [0.2, 0.25) is 0 Å². The summed E-state index contributed by atoms with van der Waals surface area (Å²) in [5.74, 6) is -1.05. The predicted molar refractivity (Wildman–Crippen MR) is 124 cm³/mol. The third-order valence-electron chi connectivity index (χ3n) is 5.57. The lowest BCUT2D eigenvalue weighted by atomic mass is 9.73. The molecule has 2 heterocycles. The molecule has 0 unspecified atom stereocenters. The Kier molecular flexibility index (Phi) is 7.60. The number of hydrogen-bond acceptors (Lipinski definition) is 8. The van der Waals surface area contributed by atoms with Crippen molar-refractivity contribution in [3.05, 3.63) is 34.0 Å². The highest BCUT2D eigenvalue weighted by atomic mass is 16.6. The smallest absolute Gasteiger partial charge is 0.411 e. The molecular weight excluding hydrogens is 428 g/mol. The Morgan fingerprint density at radius 1 is 1.21 bits per heavy atom. The molecule has 1 aromatic heterocycles. The van der Waals surface area contributed by atoms with Gasteiger partial charge in [0, 0.05) is 30.8 Å². The molecule has 0 bridgehead atoms. The number of ether oxygens (including phenoxy) is 2. The summed E-state index contributed by atoms with van der Waals surface area (Å²) in [5, 5.41) is 12.5. The summed E-state index contributed by atoms with van der Waals surface area (Å²) in [5.41, 5.74) is -1.11. The van der Waals surface area contributed by atoms with Crippen LogP contribution in [0.25, 0.3) is 0 Å². The first-order valence-electron chi connectivity index (χ1n) is 11.1. The molecule has 0 aromatic carbocycles. The second kappa shape index (κ2) is 9.52. The van der Waals surface area contributed by atoms with Gasteiger partial charge in [0.05, 0.1) is 12.5 Å². The van der Waals surface area contributed by atoms with Crippen molar-refractivity contribution in [1.82, 2.24) is 9.88 Å². The van der Waals surface area contributed by atoms with Crippen LogP contribution in [-0.4, -0.2) is 65.3 Å². The molecule has 1 aliphatic rings. The third kappa shape index (κ3) is 5.54. The molecule has 0 N–H and O–H groups in total. The van der Waals surface area contributed by atoms with Crippen molar-refractivity contribution >= 4 is 17.9 Å². The van der Waals surface area contributed by atoms with Crippen molar-refractivity contribution in [2.75, 3.05) is 25.6 Å². The van der Waals surface area contributed by atoms with Gasteiger partial charge in [-0.15, -0.1) is 0 Å². The number of nitro groups is 1. The van der Waals surface area contributed by atoms with Gasteiger partial charge >= 0.3 is 12.1 Å². The van der Waals surface area contributed by atoms with Crippen molar-refractivity contribution in [3.8, 4) is 0 Å². The number of hydrogen-bond donors (Lipinski definition) is 0. The highest BCUT2D eigenvalue weighted by molar-refractivity contribution is 5.84. The molecule has 2 rings (SSSR count). The Morgan fingerprint density at radius 3 is 2.27 bits per heavy atom. The van der Waals surface area contributed by atoms with Crippen molar-refractivity contribution in [2.24, 2.45) is 11.3 Å². The van der Waals surface area contributed by atoms with Gasteiger partial charge in [0.15, 0.2) is 0 Å². The zero-order valence-corrected chi connectivity index (χ0v) is 21.0. The normalized spacial score (nSPS) is 23.2. The molecule has 0 aliphatic carbocycles. The Bertz CT molecular complexity index is 890. The number of carbonyl (C=O) groups is 2. The van der Waals surface area contributed by atoms with Gasteiger partial charge in [-0.05, 0) is 39.2 Å². The number of aromatic nitrogens is 1. The Labute approximate surface area is 195 Å². The molecule has 10 heteroatoms. The molecule has 33 heavy (non-hydrogen) atoms. The number of esters is 1. The van der Waals surface area contributed by atoms with Gasteiger partial charge in [-0.3, -0.25) is 15.0 Å². The molecule has 0 radical (unpaired) electrons. The quantitative estimate of drug-likeness (QED) is 0.368. The van der Waals surface area contributed by atoms with Crippen LogP contribution in [0.3, 0.4) is 0 Å². The first-order valence-corrected chi connectivity index (χ1v) is 11.1. The zero-order valence-electron chi connectivity index (χ0n) is 21.0. The molecule has 1 saturated heterocycles. The van der Waals surface area contributed by atoms with Gasteiger partial charge in [-0.2, -0.15) is 0 Å². The minimum atomic E-state index is -1.28. The van der Waals surface area contributed by atoms with Crippen LogP contribution in [0.1, 0.15) is 60.1 Å². The van der Waals surface area contributed by atoms with Crippen LogP contribution >= 0.6 is 0 Å². The summed E-state index contributed by atoms with van der Waals surface area (Å²) in [6.45, 7) is 12.3. The molecule has 10 nitrogen and oxygen atoms in total. The topological polar surface area (TPSA) is 115 Å². The number of pyridine rings is 1. The molecule has 1 aromatic rings. The molecule has 4 atom stereocenters. The van der Waals surface area contributed by atoms with Crippen LogP contribution in [0.15, 0.2) is 18.3 Å². The highest BCUT2D eigenvalue weighted by Gasteiger charge is 2.65. The van der Waals surface area contributed by atoms with Crippen LogP contribution in [0.5, 0.6) is 0 Å². The van der Waals surface area contributed by atoms with Gasteiger partial charge in [-0.25, -0.2) is 14.6 Å². The Morgan fingerprint density at radius 2 is 1.82 bits per heavy atom. The van der Waals surface area contributed by atoms with E-state index in [1.165, 1.54) is 4.90 Å². The lowest BCUT2D eigenvalue weighted by Gasteiger charge is -2.34. The van der Waals surface area contributed by atoms with Crippen LogP contribution in [0.4, 0.5) is 10.6 Å². The van der Waals surface area contributed by atoms with E-state index in [0.29, 0.717) is 11.4 Å². The van der Waals surface area contributed by atoms with E-state index in [9.17, 15) is 19.7 Å². The number of rotatable bonds is 5. The molecule has 1 aliphatic heterocycles. The second-order valence-electron chi connectivity index (χ2n) is 10.5. The van der Waals surface area contributed by atoms with Gasteiger partial charge in [-0.1, -0.05) is 26.8 Å². The maximum atomic E-state index is 13.5. The van der Waals surface area contributed by atoms with Gasteiger partial charge in [0.2, 0.25) is 6.04 Å². The van der Waals surface area contributed by atoms with Crippen molar-refractivity contribution in [3.63, 3.8) is 0 Å². The summed E-state index contributed by atoms with van der Waals surface area (Å²) in [6, 6.07) is -0.199. The van der Waals surface area contributed by atoms with Crippen LogP contribution in [-0.2, 0) is 14.3 Å². The fourth-order valence-electron chi connectivity index (χ4n) is 4.50. The number of amides is 1. The maximum absolute atomic E-state index is 13.5. The van der Waals surface area contributed by atoms with Gasteiger partial charge in [0.25, 0.3) is 0 Å². The van der Waals surface area contributed by atoms with E-state index >= 15 is 0 Å². The molecule has 1 fully saturated rings. The minimum Gasteiger partial charge on any atom is -0.464 e. The summed E-state index contributed by atoms with van der Waals surface area (Å²) < 4.78 is 11.0. The highest BCUT2D eigenvalue weighted by Crippen LogP contribution is 2.51. The first kappa shape index (κ1) is 26.3. The first-order chi connectivity index (χ1) is 15.1. The van der Waals surface area contributed by atoms with E-state index < -0.39 is 52.0 Å². The minimum absolute atomic E-state index is 0.0813. The number of carbonyl (C=O) groups excluding carboxylic acids is 2. The average Bonchev–Trinajstić information content (AvgIpc) is 3.03. The van der Waals surface area contributed by atoms with Gasteiger partial charge < -0.3 is 14.4 Å². The lowest BCUT2D eigenvalue weighted by Crippen LogP contribution is -2.49. The number of likely N-dealkylation sites (tertiary alicyclic amines) is 1. The largest absolute Gasteiger partial charge is 0.464 e. The van der Waals surface area contributed by atoms with Crippen molar-refractivity contribution < 1.29 is 24.0 Å². The van der Waals surface area contributed by atoms with Crippen LogP contribution < -0.4 is 4.90 Å². The molecule has 1 amide bonds. The van der Waals surface area contributed by atoms with Crippen molar-refractivity contribution in [1.29, 1.82) is 0 Å². The zero-order chi connectivity index (χ0) is 25.3. The average molecular weight is 465 g/mol. The van der Waals surface area contributed by atoms with E-state index in [1.54, 1.807) is 65.0 Å².